The van der Waals surface area contributed by atoms with Gasteiger partial charge < -0.3 is 15.1 Å². The molecule has 0 aliphatic heterocycles. The SMILES string of the molecule is Cc1ccc2occ(/C=C/C(=O)Nc3ccc(Nc4ccccc4)cc3)c(=O)c2c1. The third kappa shape index (κ3) is 4.47. The number of benzene rings is 3. The van der Waals surface area contributed by atoms with Crippen LogP contribution in [0.1, 0.15) is 11.1 Å². The Morgan fingerprint density at radius 3 is 2.37 bits per heavy atom. The molecule has 0 fully saturated rings. The van der Waals surface area contributed by atoms with E-state index in [1.807, 2.05) is 67.6 Å². The quantitative estimate of drug-likeness (QED) is 0.437. The van der Waals surface area contributed by atoms with Gasteiger partial charge in [-0.1, -0.05) is 29.8 Å². The van der Waals surface area contributed by atoms with Crippen LogP contribution in [-0.2, 0) is 4.79 Å². The molecule has 0 atom stereocenters. The third-order valence-corrected chi connectivity index (χ3v) is 4.58. The number of rotatable bonds is 5. The van der Waals surface area contributed by atoms with E-state index < -0.39 is 0 Å². The van der Waals surface area contributed by atoms with Crippen molar-refractivity contribution in [1.29, 1.82) is 0 Å². The smallest absolute Gasteiger partial charge is 0.248 e. The number of anilines is 3. The van der Waals surface area contributed by atoms with Crippen LogP contribution in [-0.4, -0.2) is 5.91 Å². The lowest BCUT2D eigenvalue weighted by molar-refractivity contribution is -0.111. The number of amides is 1. The average molecular weight is 396 g/mol. The molecule has 0 spiro atoms. The van der Waals surface area contributed by atoms with Gasteiger partial charge in [0, 0.05) is 23.1 Å². The highest BCUT2D eigenvalue weighted by Crippen LogP contribution is 2.19. The summed E-state index contributed by atoms with van der Waals surface area (Å²) in [5, 5.41) is 6.57. The van der Waals surface area contributed by atoms with Crippen molar-refractivity contribution in [3.8, 4) is 0 Å². The van der Waals surface area contributed by atoms with Crippen LogP contribution in [0.4, 0.5) is 17.1 Å². The largest absolute Gasteiger partial charge is 0.463 e. The van der Waals surface area contributed by atoms with Crippen molar-refractivity contribution < 1.29 is 9.21 Å². The van der Waals surface area contributed by atoms with Gasteiger partial charge >= 0.3 is 0 Å². The monoisotopic (exact) mass is 396 g/mol. The molecule has 5 heteroatoms. The molecule has 0 aliphatic rings. The predicted octanol–water partition coefficient (Wildman–Crippen LogP) is 5.50. The van der Waals surface area contributed by atoms with E-state index in [1.165, 1.54) is 18.4 Å². The highest BCUT2D eigenvalue weighted by Gasteiger charge is 2.06. The summed E-state index contributed by atoms with van der Waals surface area (Å²) in [6.45, 7) is 1.91. The molecule has 0 saturated heterocycles. The maximum Gasteiger partial charge on any atom is 0.248 e. The molecule has 1 aromatic heterocycles. The van der Waals surface area contributed by atoms with E-state index in [1.54, 1.807) is 12.1 Å². The predicted molar refractivity (Wildman–Crippen MR) is 121 cm³/mol. The Labute approximate surface area is 173 Å². The minimum absolute atomic E-state index is 0.166. The molecule has 1 amide bonds. The Balaban J connectivity index is 1.43. The van der Waals surface area contributed by atoms with E-state index in [0.717, 1.165) is 16.9 Å². The zero-order chi connectivity index (χ0) is 20.9. The molecule has 30 heavy (non-hydrogen) atoms. The topological polar surface area (TPSA) is 71.3 Å². The van der Waals surface area contributed by atoms with E-state index in [-0.39, 0.29) is 11.3 Å². The maximum atomic E-state index is 12.6. The number of carbonyl (C=O) groups is 1. The van der Waals surface area contributed by atoms with Crippen LogP contribution in [0.5, 0.6) is 0 Å². The van der Waals surface area contributed by atoms with E-state index in [9.17, 15) is 9.59 Å². The number of para-hydroxylation sites is 1. The first kappa shape index (κ1) is 19.2. The Hall–Kier alpha value is -4.12. The molecule has 0 radical (unpaired) electrons. The maximum absolute atomic E-state index is 12.6. The second kappa shape index (κ2) is 8.49. The van der Waals surface area contributed by atoms with Gasteiger partial charge in [-0.25, -0.2) is 0 Å². The zero-order valence-corrected chi connectivity index (χ0v) is 16.4. The molecule has 5 nitrogen and oxygen atoms in total. The molecular weight excluding hydrogens is 376 g/mol. The van der Waals surface area contributed by atoms with Crippen molar-refractivity contribution in [1.82, 2.24) is 0 Å². The molecule has 2 N–H and O–H groups in total. The lowest BCUT2D eigenvalue weighted by Gasteiger charge is -2.07. The average Bonchev–Trinajstić information content (AvgIpc) is 2.76. The summed E-state index contributed by atoms with van der Waals surface area (Å²) in [6.07, 6.45) is 4.16. The van der Waals surface area contributed by atoms with Gasteiger partial charge in [-0.15, -0.1) is 0 Å². The molecule has 0 saturated carbocycles. The molecule has 3 aromatic carbocycles. The number of fused-ring (bicyclic) bond motifs is 1. The van der Waals surface area contributed by atoms with Gasteiger partial charge in [-0.05, 0) is 61.5 Å². The van der Waals surface area contributed by atoms with Crippen LogP contribution >= 0.6 is 0 Å². The third-order valence-electron chi connectivity index (χ3n) is 4.58. The summed E-state index contributed by atoms with van der Waals surface area (Å²) >= 11 is 0. The van der Waals surface area contributed by atoms with Gasteiger partial charge in [0.2, 0.25) is 5.91 Å². The number of aryl methyl sites for hydroxylation is 1. The van der Waals surface area contributed by atoms with Crippen molar-refractivity contribution >= 4 is 40.0 Å². The highest BCUT2D eigenvalue weighted by atomic mass is 16.3. The molecule has 148 valence electrons. The molecule has 4 aromatic rings. The fourth-order valence-electron chi connectivity index (χ4n) is 3.05. The van der Waals surface area contributed by atoms with E-state index in [4.69, 9.17) is 4.42 Å². The summed E-state index contributed by atoms with van der Waals surface area (Å²) in [5.41, 5.74) is 4.21. The van der Waals surface area contributed by atoms with Crippen molar-refractivity contribution in [3.63, 3.8) is 0 Å². The number of hydrogen-bond donors (Lipinski definition) is 2. The molecule has 4 rings (SSSR count). The van der Waals surface area contributed by atoms with Crippen LogP contribution in [0.2, 0.25) is 0 Å². The Morgan fingerprint density at radius 2 is 1.60 bits per heavy atom. The molecule has 1 heterocycles. The second-order valence-corrected chi connectivity index (χ2v) is 6.91. The van der Waals surface area contributed by atoms with E-state index >= 15 is 0 Å². The summed E-state index contributed by atoms with van der Waals surface area (Å²) < 4.78 is 5.50. The van der Waals surface area contributed by atoms with Gasteiger partial charge in [0.25, 0.3) is 0 Å². The number of hydrogen-bond acceptors (Lipinski definition) is 4. The summed E-state index contributed by atoms with van der Waals surface area (Å²) in [4.78, 5) is 24.8. The summed E-state index contributed by atoms with van der Waals surface area (Å²) in [7, 11) is 0. The lowest BCUT2D eigenvalue weighted by atomic mass is 10.1. The van der Waals surface area contributed by atoms with Crippen LogP contribution < -0.4 is 16.1 Å². The van der Waals surface area contributed by atoms with Gasteiger partial charge in [0.1, 0.15) is 11.8 Å². The standard InChI is InChI=1S/C25H20N2O3/c1-17-7-13-23-22(15-17)25(29)18(16-30-23)8-14-24(28)27-21-11-9-20(10-12-21)26-19-5-3-2-4-6-19/h2-16,26H,1H3,(H,27,28)/b14-8+. The van der Waals surface area contributed by atoms with Gasteiger partial charge in [0.15, 0.2) is 5.43 Å². The van der Waals surface area contributed by atoms with Crippen LogP contribution in [0.15, 0.2) is 94.3 Å². The first-order chi connectivity index (χ1) is 14.6. The molecule has 0 bridgehead atoms. The first-order valence-electron chi connectivity index (χ1n) is 9.52. The van der Waals surface area contributed by atoms with Crippen molar-refractivity contribution in [3.05, 3.63) is 106 Å². The highest BCUT2D eigenvalue weighted by molar-refractivity contribution is 6.02. The zero-order valence-electron chi connectivity index (χ0n) is 16.4. The Morgan fingerprint density at radius 1 is 0.900 bits per heavy atom. The van der Waals surface area contributed by atoms with E-state index in [2.05, 4.69) is 10.6 Å². The van der Waals surface area contributed by atoms with Crippen LogP contribution in [0.3, 0.4) is 0 Å². The van der Waals surface area contributed by atoms with Gasteiger partial charge in [0.05, 0.1) is 10.9 Å². The second-order valence-electron chi connectivity index (χ2n) is 6.91. The first-order valence-corrected chi connectivity index (χ1v) is 9.52. The van der Waals surface area contributed by atoms with Gasteiger partial charge in [-0.2, -0.15) is 0 Å². The van der Waals surface area contributed by atoms with Crippen LogP contribution in [0.25, 0.3) is 17.0 Å². The van der Waals surface area contributed by atoms with Crippen LogP contribution in [0, 0.1) is 6.92 Å². The number of nitrogens with one attached hydrogen (secondary N) is 2. The fourth-order valence-corrected chi connectivity index (χ4v) is 3.05. The minimum Gasteiger partial charge on any atom is -0.463 e. The molecular formula is C25H20N2O3. The molecule has 0 aliphatic carbocycles. The van der Waals surface area contributed by atoms with Crippen molar-refractivity contribution in [2.45, 2.75) is 6.92 Å². The van der Waals surface area contributed by atoms with E-state index in [0.29, 0.717) is 22.2 Å². The summed E-state index contributed by atoms with van der Waals surface area (Å²) in [5.74, 6) is -0.331. The number of carbonyl (C=O) groups excluding carboxylic acids is 1. The Kier molecular flexibility index (Phi) is 5.44. The van der Waals surface area contributed by atoms with Crippen molar-refractivity contribution in [2.24, 2.45) is 0 Å². The fraction of sp³-hybridized carbons (Fsp3) is 0.0400. The summed E-state index contributed by atoms with van der Waals surface area (Å²) in [6, 6.07) is 22.6. The van der Waals surface area contributed by atoms with Crippen molar-refractivity contribution in [2.75, 3.05) is 10.6 Å². The Bertz CT molecular complexity index is 1270. The molecule has 0 unspecified atom stereocenters. The van der Waals surface area contributed by atoms with Gasteiger partial charge in [-0.3, -0.25) is 9.59 Å². The minimum atomic E-state index is -0.331. The lowest BCUT2D eigenvalue weighted by Crippen LogP contribution is -2.09. The normalized spacial score (nSPS) is 11.0.